The van der Waals surface area contributed by atoms with Gasteiger partial charge in [0.15, 0.2) is 5.96 Å². The first-order chi connectivity index (χ1) is 10.7. The van der Waals surface area contributed by atoms with Crippen LogP contribution in [0.4, 0.5) is 4.39 Å². The van der Waals surface area contributed by atoms with Crippen LogP contribution in [-0.4, -0.2) is 37.0 Å². The van der Waals surface area contributed by atoms with Crippen LogP contribution >= 0.6 is 0 Å². The fourth-order valence-electron chi connectivity index (χ4n) is 3.61. The Hall–Kier alpha value is -1.58. The van der Waals surface area contributed by atoms with Crippen molar-refractivity contribution in [1.82, 2.24) is 10.2 Å². The number of rotatable bonds is 4. The molecule has 1 saturated carbocycles. The minimum Gasteiger partial charge on any atom is -0.357 e. The van der Waals surface area contributed by atoms with Crippen LogP contribution in [0, 0.1) is 11.2 Å². The molecule has 1 aliphatic carbocycles. The standard InChI is InChI=1S/C18H26FN3/c1-2-20-17(22-12-10-18(14-22)8-4-9-18)21-11-7-15-5-3-6-16(19)13-15/h3,5-6,13H,2,4,7-12,14H2,1H3,(H,20,21). The van der Waals surface area contributed by atoms with Crippen LogP contribution in [0.3, 0.4) is 0 Å². The Morgan fingerprint density at radius 1 is 1.36 bits per heavy atom. The fourth-order valence-corrected chi connectivity index (χ4v) is 3.61. The van der Waals surface area contributed by atoms with Crippen LogP contribution in [0.2, 0.25) is 0 Å². The highest BCUT2D eigenvalue weighted by Gasteiger charge is 2.43. The molecule has 120 valence electrons. The van der Waals surface area contributed by atoms with Crippen molar-refractivity contribution in [2.24, 2.45) is 10.4 Å². The van der Waals surface area contributed by atoms with Gasteiger partial charge in [0.1, 0.15) is 5.82 Å². The summed E-state index contributed by atoms with van der Waals surface area (Å²) in [6.07, 6.45) is 6.24. The minimum atomic E-state index is -0.167. The van der Waals surface area contributed by atoms with E-state index >= 15 is 0 Å². The Morgan fingerprint density at radius 2 is 2.23 bits per heavy atom. The van der Waals surface area contributed by atoms with Gasteiger partial charge >= 0.3 is 0 Å². The monoisotopic (exact) mass is 303 g/mol. The third-order valence-electron chi connectivity index (χ3n) is 5.04. The summed E-state index contributed by atoms with van der Waals surface area (Å²) in [4.78, 5) is 7.16. The van der Waals surface area contributed by atoms with Crippen molar-refractivity contribution in [3.8, 4) is 0 Å². The second-order valence-corrected chi connectivity index (χ2v) is 6.64. The fraction of sp³-hybridized carbons (Fsp3) is 0.611. The van der Waals surface area contributed by atoms with Crippen LogP contribution in [0.1, 0.15) is 38.2 Å². The summed E-state index contributed by atoms with van der Waals surface area (Å²) in [6, 6.07) is 6.81. The molecule has 1 aliphatic heterocycles. The number of guanidine groups is 1. The Labute approximate surface area is 132 Å². The van der Waals surface area contributed by atoms with Crippen molar-refractivity contribution < 1.29 is 4.39 Å². The van der Waals surface area contributed by atoms with E-state index in [1.807, 2.05) is 6.07 Å². The highest BCUT2D eigenvalue weighted by molar-refractivity contribution is 5.80. The summed E-state index contributed by atoms with van der Waals surface area (Å²) >= 11 is 0. The first-order valence-corrected chi connectivity index (χ1v) is 8.48. The molecule has 22 heavy (non-hydrogen) atoms. The van der Waals surface area contributed by atoms with E-state index in [1.54, 1.807) is 12.1 Å². The highest BCUT2D eigenvalue weighted by Crippen LogP contribution is 2.47. The molecule has 2 aliphatic rings. The zero-order chi connectivity index (χ0) is 15.4. The lowest BCUT2D eigenvalue weighted by Crippen LogP contribution is -2.42. The number of aliphatic imine (C=N–C) groups is 1. The topological polar surface area (TPSA) is 27.6 Å². The van der Waals surface area contributed by atoms with E-state index in [9.17, 15) is 4.39 Å². The van der Waals surface area contributed by atoms with Gasteiger partial charge < -0.3 is 10.2 Å². The Kier molecular flexibility index (Phi) is 4.65. The van der Waals surface area contributed by atoms with Crippen molar-refractivity contribution in [2.45, 2.75) is 39.0 Å². The minimum absolute atomic E-state index is 0.167. The van der Waals surface area contributed by atoms with E-state index in [0.717, 1.165) is 37.6 Å². The molecule has 1 spiro atoms. The van der Waals surface area contributed by atoms with Crippen LogP contribution in [0.5, 0.6) is 0 Å². The number of nitrogens with zero attached hydrogens (tertiary/aromatic N) is 2. The van der Waals surface area contributed by atoms with Gasteiger partial charge in [-0.05, 0) is 55.7 Å². The predicted molar refractivity (Wildman–Crippen MR) is 88.6 cm³/mol. The smallest absolute Gasteiger partial charge is 0.193 e. The average Bonchev–Trinajstić information content (AvgIpc) is 2.92. The second kappa shape index (κ2) is 6.67. The summed E-state index contributed by atoms with van der Waals surface area (Å²) in [6.45, 7) is 5.97. The normalized spacial score (nSPS) is 20.3. The van der Waals surface area contributed by atoms with E-state index in [2.05, 4.69) is 17.1 Å². The van der Waals surface area contributed by atoms with Gasteiger partial charge in [0, 0.05) is 26.2 Å². The molecule has 1 aromatic carbocycles. The first-order valence-electron chi connectivity index (χ1n) is 8.48. The first kappa shape index (κ1) is 15.3. The van der Waals surface area contributed by atoms with Crippen molar-refractivity contribution >= 4 is 5.96 Å². The maximum Gasteiger partial charge on any atom is 0.193 e. The molecule has 0 amide bonds. The molecule has 0 atom stereocenters. The predicted octanol–water partition coefficient (Wildman–Crippen LogP) is 3.21. The largest absolute Gasteiger partial charge is 0.357 e. The molecule has 2 fully saturated rings. The van der Waals surface area contributed by atoms with Gasteiger partial charge in [-0.25, -0.2) is 4.39 Å². The number of nitrogens with one attached hydrogen (secondary N) is 1. The third-order valence-corrected chi connectivity index (χ3v) is 5.04. The van der Waals surface area contributed by atoms with Crippen molar-refractivity contribution in [3.05, 3.63) is 35.6 Å². The van der Waals surface area contributed by atoms with Gasteiger partial charge in [-0.3, -0.25) is 4.99 Å². The molecule has 3 rings (SSSR count). The lowest BCUT2D eigenvalue weighted by molar-refractivity contribution is 0.151. The van der Waals surface area contributed by atoms with E-state index in [4.69, 9.17) is 4.99 Å². The quantitative estimate of drug-likeness (QED) is 0.683. The molecule has 1 heterocycles. The maximum absolute atomic E-state index is 13.2. The summed E-state index contributed by atoms with van der Waals surface area (Å²) in [7, 11) is 0. The second-order valence-electron chi connectivity index (χ2n) is 6.64. The molecule has 0 unspecified atom stereocenters. The third kappa shape index (κ3) is 3.42. The van der Waals surface area contributed by atoms with Crippen LogP contribution in [0.15, 0.2) is 29.3 Å². The van der Waals surface area contributed by atoms with Crippen LogP contribution in [0.25, 0.3) is 0 Å². The Balaban J connectivity index is 1.58. The van der Waals surface area contributed by atoms with Gasteiger partial charge in [0.25, 0.3) is 0 Å². The van der Waals surface area contributed by atoms with Crippen molar-refractivity contribution in [2.75, 3.05) is 26.2 Å². The number of hydrogen-bond acceptors (Lipinski definition) is 1. The number of halogens is 1. The maximum atomic E-state index is 13.2. The number of benzene rings is 1. The van der Waals surface area contributed by atoms with Gasteiger partial charge in [0.05, 0.1) is 0 Å². The zero-order valence-corrected chi connectivity index (χ0v) is 13.4. The van der Waals surface area contributed by atoms with Gasteiger partial charge in [-0.1, -0.05) is 18.6 Å². The molecule has 4 heteroatoms. The van der Waals surface area contributed by atoms with Crippen molar-refractivity contribution in [3.63, 3.8) is 0 Å². The molecular formula is C18H26FN3. The average molecular weight is 303 g/mol. The SMILES string of the molecule is CCNC(=NCCc1cccc(F)c1)N1CCC2(CCC2)C1. The lowest BCUT2D eigenvalue weighted by atomic mass is 9.68. The summed E-state index contributed by atoms with van der Waals surface area (Å²) in [5.41, 5.74) is 1.59. The van der Waals surface area contributed by atoms with Gasteiger partial charge in [-0.2, -0.15) is 0 Å². The molecule has 1 N–H and O–H groups in total. The summed E-state index contributed by atoms with van der Waals surface area (Å²) in [5, 5.41) is 3.41. The Morgan fingerprint density at radius 3 is 2.86 bits per heavy atom. The van der Waals surface area contributed by atoms with Gasteiger partial charge in [0.2, 0.25) is 0 Å². The van der Waals surface area contributed by atoms with Crippen LogP contribution < -0.4 is 5.32 Å². The molecule has 0 bridgehead atoms. The van der Waals surface area contributed by atoms with E-state index in [1.165, 1.54) is 31.7 Å². The Bertz CT molecular complexity index is 537. The number of likely N-dealkylation sites (tertiary alicyclic amines) is 1. The highest BCUT2D eigenvalue weighted by atomic mass is 19.1. The lowest BCUT2D eigenvalue weighted by Gasteiger charge is -2.38. The van der Waals surface area contributed by atoms with Crippen molar-refractivity contribution in [1.29, 1.82) is 0 Å². The molecule has 1 aromatic rings. The molecule has 1 saturated heterocycles. The zero-order valence-electron chi connectivity index (χ0n) is 13.4. The van der Waals surface area contributed by atoms with Gasteiger partial charge in [-0.15, -0.1) is 0 Å². The molecule has 0 radical (unpaired) electrons. The van der Waals surface area contributed by atoms with E-state index < -0.39 is 0 Å². The molecular weight excluding hydrogens is 277 g/mol. The van der Waals surface area contributed by atoms with E-state index in [0.29, 0.717) is 12.0 Å². The molecule has 3 nitrogen and oxygen atoms in total. The van der Waals surface area contributed by atoms with Crippen LogP contribution in [-0.2, 0) is 6.42 Å². The molecule has 0 aromatic heterocycles. The number of hydrogen-bond donors (Lipinski definition) is 1. The van der Waals surface area contributed by atoms with E-state index in [-0.39, 0.29) is 5.82 Å². The summed E-state index contributed by atoms with van der Waals surface area (Å²) in [5.74, 6) is 0.863. The summed E-state index contributed by atoms with van der Waals surface area (Å²) < 4.78 is 13.2.